The molecule has 1 aromatic carbocycles. The van der Waals surface area contributed by atoms with E-state index in [1.54, 1.807) is 4.68 Å². The highest BCUT2D eigenvalue weighted by molar-refractivity contribution is 5.76. The van der Waals surface area contributed by atoms with E-state index in [1.165, 1.54) is 11.9 Å². The predicted octanol–water partition coefficient (Wildman–Crippen LogP) is 0.394. The van der Waals surface area contributed by atoms with Crippen LogP contribution in [0.4, 0.5) is 0 Å². The van der Waals surface area contributed by atoms with Gasteiger partial charge < -0.3 is 10.1 Å². The lowest BCUT2D eigenvalue weighted by Crippen LogP contribution is -2.43. The number of aromatic nitrogens is 4. The number of rotatable bonds is 5. The summed E-state index contributed by atoms with van der Waals surface area (Å²) in [5.74, 6) is 0.0425. The van der Waals surface area contributed by atoms with Crippen LogP contribution in [-0.4, -0.2) is 62.8 Å². The van der Waals surface area contributed by atoms with E-state index in [9.17, 15) is 4.79 Å². The molecule has 132 valence electrons. The molecule has 25 heavy (non-hydrogen) atoms. The average Bonchev–Trinajstić information content (AvgIpc) is 3.29. The molecule has 0 spiro atoms. The van der Waals surface area contributed by atoms with E-state index in [-0.39, 0.29) is 18.1 Å². The third-order valence-electron chi connectivity index (χ3n) is 4.91. The van der Waals surface area contributed by atoms with Crippen LogP contribution in [0, 0.1) is 0 Å². The van der Waals surface area contributed by atoms with Gasteiger partial charge in [0.05, 0.1) is 19.3 Å². The summed E-state index contributed by atoms with van der Waals surface area (Å²) in [6.45, 7) is 2.98. The van der Waals surface area contributed by atoms with Gasteiger partial charge in [-0.3, -0.25) is 9.69 Å². The van der Waals surface area contributed by atoms with E-state index in [2.05, 4.69) is 37.9 Å². The number of aryl methyl sites for hydroxylation is 1. The first kappa shape index (κ1) is 16.2. The normalized spacial score (nSPS) is 26.3. The number of hydrogen-bond acceptors (Lipinski definition) is 6. The Hall–Kier alpha value is -2.32. The minimum absolute atomic E-state index is 0.0425. The van der Waals surface area contributed by atoms with Crippen LogP contribution in [-0.2, 0) is 16.1 Å². The molecule has 0 unspecified atom stereocenters. The topological polar surface area (TPSA) is 85.2 Å². The highest BCUT2D eigenvalue weighted by atomic mass is 16.5. The Morgan fingerprint density at radius 3 is 2.96 bits per heavy atom. The van der Waals surface area contributed by atoms with Crippen molar-refractivity contribution in [1.29, 1.82) is 0 Å². The van der Waals surface area contributed by atoms with Gasteiger partial charge in [0.15, 0.2) is 0 Å². The Bertz CT molecular complexity index is 692. The van der Waals surface area contributed by atoms with Crippen molar-refractivity contribution in [3.63, 3.8) is 0 Å². The van der Waals surface area contributed by atoms with Crippen LogP contribution in [0.25, 0.3) is 0 Å². The third-order valence-corrected chi connectivity index (χ3v) is 4.91. The van der Waals surface area contributed by atoms with Crippen LogP contribution in [0.1, 0.15) is 24.5 Å². The zero-order valence-corrected chi connectivity index (χ0v) is 14.0. The Morgan fingerprint density at radius 1 is 1.28 bits per heavy atom. The van der Waals surface area contributed by atoms with Crippen molar-refractivity contribution in [3.8, 4) is 0 Å². The van der Waals surface area contributed by atoms with E-state index in [1.807, 2.05) is 18.2 Å². The summed E-state index contributed by atoms with van der Waals surface area (Å²) in [6, 6.07) is 10.9. The maximum atomic E-state index is 12.1. The number of benzene rings is 1. The number of nitrogens with one attached hydrogen (secondary N) is 1. The molecule has 0 saturated carbocycles. The summed E-state index contributed by atoms with van der Waals surface area (Å²) in [5, 5.41) is 14.0. The van der Waals surface area contributed by atoms with E-state index >= 15 is 0 Å². The molecular formula is C17H22N6O2. The molecule has 0 radical (unpaired) electrons. The van der Waals surface area contributed by atoms with Crippen LogP contribution in [0.3, 0.4) is 0 Å². The molecule has 0 aliphatic carbocycles. The van der Waals surface area contributed by atoms with Crippen molar-refractivity contribution in [2.75, 3.05) is 19.7 Å². The molecule has 0 bridgehead atoms. The Kier molecular flexibility index (Phi) is 4.71. The van der Waals surface area contributed by atoms with Gasteiger partial charge in [0.1, 0.15) is 6.33 Å². The summed E-state index contributed by atoms with van der Waals surface area (Å²) in [7, 11) is 0. The molecule has 8 nitrogen and oxygen atoms in total. The molecule has 1 aromatic heterocycles. The third kappa shape index (κ3) is 3.85. The molecule has 2 saturated heterocycles. The van der Waals surface area contributed by atoms with Crippen LogP contribution in [0.5, 0.6) is 0 Å². The number of fused-ring (bicyclic) bond motifs is 1. The van der Waals surface area contributed by atoms with Gasteiger partial charge in [0.2, 0.25) is 5.91 Å². The quantitative estimate of drug-likeness (QED) is 0.846. The average molecular weight is 342 g/mol. The number of carbonyl (C=O) groups is 1. The number of hydrogen-bond donors (Lipinski definition) is 1. The molecule has 2 fully saturated rings. The number of tetrazole rings is 1. The van der Waals surface area contributed by atoms with Crippen molar-refractivity contribution in [2.24, 2.45) is 0 Å². The van der Waals surface area contributed by atoms with Crippen molar-refractivity contribution < 1.29 is 9.53 Å². The lowest BCUT2D eigenvalue weighted by molar-refractivity contribution is -0.122. The zero-order chi connectivity index (χ0) is 17.1. The minimum atomic E-state index is 0.0425. The number of morpholine rings is 1. The van der Waals surface area contributed by atoms with Crippen molar-refractivity contribution in [2.45, 2.75) is 37.6 Å². The molecule has 3 atom stereocenters. The molecule has 2 aliphatic heterocycles. The van der Waals surface area contributed by atoms with Crippen molar-refractivity contribution >= 4 is 5.91 Å². The lowest BCUT2D eigenvalue weighted by atomic mass is 10.1. The number of amides is 1. The first-order valence-corrected chi connectivity index (χ1v) is 8.68. The minimum Gasteiger partial charge on any atom is -0.371 e. The lowest BCUT2D eigenvalue weighted by Gasteiger charge is -2.35. The van der Waals surface area contributed by atoms with E-state index in [0.29, 0.717) is 19.0 Å². The summed E-state index contributed by atoms with van der Waals surface area (Å²) in [4.78, 5) is 14.6. The second-order valence-corrected chi connectivity index (χ2v) is 6.66. The maximum Gasteiger partial charge on any atom is 0.222 e. The van der Waals surface area contributed by atoms with E-state index in [4.69, 9.17) is 4.74 Å². The van der Waals surface area contributed by atoms with Gasteiger partial charge in [-0.05, 0) is 22.4 Å². The summed E-state index contributed by atoms with van der Waals surface area (Å²) >= 11 is 0. The van der Waals surface area contributed by atoms with Crippen LogP contribution in [0.15, 0.2) is 36.7 Å². The summed E-state index contributed by atoms with van der Waals surface area (Å²) in [5.41, 5.74) is 1.22. The van der Waals surface area contributed by atoms with Crippen molar-refractivity contribution in [3.05, 3.63) is 42.2 Å². The SMILES string of the molecule is O=C(CCn1cnnn1)N[C@@H]1C[C@H]2CO[C@@H](c3ccccc3)CN2C1. The number of nitrogens with zero attached hydrogens (tertiary/aromatic N) is 5. The van der Waals surface area contributed by atoms with Gasteiger partial charge in [-0.15, -0.1) is 5.10 Å². The van der Waals surface area contributed by atoms with Crippen LogP contribution in [0.2, 0.25) is 0 Å². The molecule has 8 heteroatoms. The second kappa shape index (κ2) is 7.28. The van der Waals surface area contributed by atoms with Crippen LogP contribution < -0.4 is 5.32 Å². The predicted molar refractivity (Wildman–Crippen MR) is 89.5 cm³/mol. The molecule has 1 amide bonds. The molecule has 2 aromatic rings. The standard InChI is InChI=1S/C17H22N6O2/c24-17(6-7-23-12-18-20-21-23)19-14-8-15-11-25-16(10-22(15)9-14)13-4-2-1-3-5-13/h1-5,12,14-16H,6-11H2,(H,19,24)/t14-,15+,16-/m1/s1. The van der Waals surface area contributed by atoms with E-state index < -0.39 is 0 Å². The van der Waals surface area contributed by atoms with E-state index in [0.717, 1.165) is 26.1 Å². The Labute approximate surface area is 146 Å². The van der Waals surface area contributed by atoms with Crippen LogP contribution >= 0.6 is 0 Å². The molecule has 3 heterocycles. The smallest absolute Gasteiger partial charge is 0.222 e. The Morgan fingerprint density at radius 2 is 2.16 bits per heavy atom. The second-order valence-electron chi connectivity index (χ2n) is 6.66. The van der Waals surface area contributed by atoms with Crippen molar-refractivity contribution in [1.82, 2.24) is 30.4 Å². The monoisotopic (exact) mass is 342 g/mol. The maximum absolute atomic E-state index is 12.1. The van der Waals surface area contributed by atoms with Gasteiger partial charge in [0.25, 0.3) is 0 Å². The highest BCUT2D eigenvalue weighted by Crippen LogP contribution is 2.30. The first-order chi connectivity index (χ1) is 12.3. The van der Waals surface area contributed by atoms with Gasteiger partial charge >= 0.3 is 0 Å². The molecule has 4 rings (SSSR count). The van der Waals surface area contributed by atoms with Gasteiger partial charge in [-0.25, -0.2) is 4.68 Å². The molecule has 1 N–H and O–H groups in total. The fraction of sp³-hybridized carbons (Fsp3) is 0.529. The molecular weight excluding hydrogens is 320 g/mol. The number of carbonyl (C=O) groups excluding carboxylic acids is 1. The number of ether oxygens (including phenoxy) is 1. The summed E-state index contributed by atoms with van der Waals surface area (Å²) < 4.78 is 7.61. The zero-order valence-electron chi connectivity index (χ0n) is 14.0. The fourth-order valence-electron chi connectivity index (χ4n) is 3.65. The van der Waals surface area contributed by atoms with Gasteiger partial charge in [-0.2, -0.15) is 0 Å². The molecule has 2 aliphatic rings. The fourth-order valence-corrected chi connectivity index (χ4v) is 3.65. The first-order valence-electron chi connectivity index (χ1n) is 8.68. The van der Waals surface area contributed by atoms with Gasteiger partial charge in [-0.1, -0.05) is 30.3 Å². The Balaban J connectivity index is 1.27. The highest BCUT2D eigenvalue weighted by Gasteiger charge is 2.38. The summed E-state index contributed by atoms with van der Waals surface area (Å²) in [6.07, 6.45) is 2.96. The van der Waals surface area contributed by atoms with Gasteiger partial charge in [0, 0.05) is 31.6 Å². The largest absolute Gasteiger partial charge is 0.371 e.